The number of Topliss-reactive ketones (excluding diaryl/α,β-unsaturated/α-hetero) is 2. The van der Waals surface area contributed by atoms with Gasteiger partial charge in [-0.1, -0.05) is 18.3 Å². The molecule has 0 N–H and O–H groups in total. The quantitative estimate of drug-likeness (QED) is 0.491. The molecule has 0 amide bonds. The maximum atomic E-state index is 11.9. The molecule has 0 spiro atoms. The topological polar surface area (TPSA) is 34.1 Å². The molecule has 0 aromatic heterocycles. The number of allylic oxidation sites excluding steroid dienone is 2. The van der Waals surface area contributed by atoms with E-state index in [1.165, 1.54) is 0 Å². The van der Waals surface area contributed by atoms with Gasteiger partial charge in [-0.25, -0.2) is 0 Å². The highest BCUT2D eigenvalue weighted by molar-refractivity contribution is 7.80. The second-order valence-electron chi connectivity index (χ2n) is 4.32. The lowest BCUT2D eigenvalue weighted by Crippen LogP contribution is -2.42. The van der Waals surface area contributed by atoms with Gasteiger partial charge in [0.1, 0.15) is 5.92 Å². The van der Waals surface area contributed by atoms with Crippen LogP contribution in [0.15, 0.2) is 11.6 Å². The van der Waals surface area contributed by atoms with E-state index in [1.54, 1.807) is 19.9 Å². The zero-order valence-corrected chi connectivity index (χ0v) is 9.70. The molecule has 0 bridgehead atoms. The van der Waals surface area contributed by atoms with E-state index < -0.39 is 11.3 Å². The van der Waals surface area contributed by atoms with E-state index in [0.29, 0.717) is 10.4 Å². The van der Waals surface area contributed by atoms with Crippen LogP contribution in [0.3, 0.4) is 0 Å². The maximum absolute atomic E-state index is 11.9. The van der Waals surface area contributed by atoms with Gasteiger partial charge in [0, 0.05) is 10.3 Å². The first-order valence-corrected chi connectivity index (χ1v) is 4.96. The molecule has 1 unspecified atom stereocenters. The van der Waals surface area contributed by atoms with Crippen molar-refractivity contribution in [2.24, 2.45) is 11.3 Å². The molecular weight excluding hydrogens is 196 g/mol. The molecule has 0 aromatic rings. The van der Waals surface area contributed by atoms with Crippen molar-refractivity contribution in [1.82, 2.24) is 0 Å². The Kier molecular flexibility index (Phi) is 2.72. The van der Waals surface area contributed by atoms with Gasteiger partial charge in [0.2, 0.25) is 0 Å². The van der Waals surface area contributed by atoms with E-state index in [-0.39, 0.29) is 11.6 Å². The van der Waals surface area contributed by atoms with Crippen LogP contribution in [0.5, 0.6) is 0 Å². The van der Waals surface area contributed by atoms with Crippen LogP contribution in [0.4, 0.5) is 0 Å². The number of ketones is 2. The minimum atomic E-state index is -0.704. The fourth-order valence-electron chi connectivity index (χ4n) is 1.77. The fourth-order valence-corrected chi connectivity index (χ4v) is 1.99. The lowest BCUT2D eigenvalue weighted by Gasteiger charge is -2.29. The predicted molar refractivity (Wildman–Crippen MR) is 59.3 cm³/mol. The van der Waals surface area contributed by atoms with Crippen molar-refractivity contribution < 1.29 is 9.59 Å². The number of hydrogen-bond acceptors (Lipinski definition) is 3. The predicted octanol–water partition coefficient (Wildman–Crippen LogP) is 2.12. The second kappa shape index (κ2) is 3.39. The van der Waals surface area contributed by atoms with E-state index in [9.17, 15) is 9.59 Å². The first-order chi connectivity index (χ1) is 6.27. The van der Waals surface area contributed by atoms with Crippen LogP contribution in [0.2, 0.25) is 0 Å². The maximum Gasteiger partial charge on any atom is 0.173 e. The van der Waals surface area contributed by atoms with Crippen LogP contribution in [0.25, 0.3) is 0 Å². The largest absolute Gasteiger partial charge is 0.298 e. The first-order valence-electron chi connectivity index (χ1n) is 4.56. The number of carbonyl (C=O) groups excluding carboxylic acids is 2. The Hall–Kier alpha value is -0.830. The van der Waals surface area contributed by atoms with Crippen molar-refractivity contribution in [1.29, 1.82) is 0 Å². The van der Waals surface area contributed by atoms with Gasteiger partial charge in [-0.05, 0) is 33.3 Å². The van der Waals surface area contributed by atoms with Gasteiger partial charge in [0.05, 0.1) is 0 Å². The molecule has 0 aromatic carbocycles. The molecule has 0 radical (unpaired) electrons. The summed E-state index contributed by atoms with van der Waals surface area (Å²) in [5, 5.41) is 0. The normalized spacial score (nSPS) is 26.0. The summed E-state index contributed by atoms with van der Waals surface area (Å²) in [6.07, 6.45) is 1.73. The Bertz CT molecular complexity index is 350. The van der Waals surface area contributed by atoms with Crippen LogP contribution in [0, 0.1) is 11.3 Å². The van der Waals surface area contributed by atoms with Crippen molar-refractivity contribution in [2.75, 3.05) is 0 Å². The third kappa shape index (κ3) is 1.69. The molecule has 1 aliphatic rings. The van der Waals surface area contributed by atoms with Crippen LogP contribution in [-0.2, 0) is 9.59 Å². The third-order valence-corrected chi connectivity index (χ3v) is 2.77. The number of carbonyl (C=O) groups is 2. The van der Waals surface area contributed by atoms with Gasteiger partial charge in [-0.15, -0.1) is 0 Å². The Morgan fingerprint density at radius 1 is 1.43 bits per heavy atom. The summed E-state index contributed by atoms with van der Waals surface area (Å²) in [6.45, 7) is 7.03. The molecule has 0 saturated heterocycles. The Labute approximate surface area is 89.4 Å². The molecule has 14 heavy (non-hydrogen) atoms. The lowest BCUT2D eigenvalue weighted by atomic mass is 9.71. The Morgan fingerprint density at radius 2 is 1.93 bits per heavy atom. The molecule has 0 heterocycles. The Balaban J connectivity index is 3.26. The molecule has 1 rings (SSSR count). The summed E-state index contributed by atoms with van der Waals surface area (Å²) in [5.74, 6) is -0.924. The molecule has 0 saturated carbocycles. The van der Waals surface area contributed by atoms with E-state index in [4.69, 9.17) is 12.2 Å². The molecular formula is C11H14O2S. The molecule has 2 nitrogen and oxygen atoms in total. The smallest absolute Gasteiger partial charge is 0.173 e. The summed E-state index contributed by atoms with van der Waals surface area (Å²) in [4.78, 5) is 24.1. The van der Waals surface area contributed by atoms with Crippen LogP contribution in [0.1, 0.15) is 27.7 Å². The number of thiocarbonyl (C=S) groups is 1. The van der Waals surface area contributed by atoms with Crippen molar-refractivity contribution >= 4 is 28.6 Å². The fraction of sp³-hybridized carbons (Fsp3) is 0.545. The first kappa shape index (κ1) is 11.2. The minimum absolute atomic E-state index is 0.0828. The lowest BCUT2D eigenvalue weighted by molar-refractivity contribution is -0.133. The van der Waals surface area contributed by atoms with Gasteiger partial charge < -0.3 is 0 Å². The standard InChI is InChI=1S/C11H14O2S/c1-6-5-11(3,4)10(13)8(7(2)14)9(6)12/h5,8H,1-4H3. The van der Waals surface area contributed by atoms with Gasteiger partial charge in [-0.2, -0.15) is 0 Å². The van der Waals surface area contributed by atoms with E-state index in [0.717, 1.165) is 0 Å². The number of rotatable bonds is 1. The van der Waals surface area contributed by atoms with E-state index in [2.05, 4.69) is 0 Å². The average Bonchev–Trinajstić information content (AvgIpc) is 2.00. The van der Waals surface area contributed by atoms with E-state index in [1.807, 2.05) is 13.8 Å². The molecule has 0 aliphatic heterocycles. The summed E-state index contributed by atoms with van der Waals surface area (Å²) >= 11 is 4.96. The highest BCUT2D eigenvalue weighted by Crippen LogP contribution is 2.32. The van der Waals surface area contributed by atoms with Gasteiger partial charge in [0.15, 0.2) is 11.6 Å². The highest BCUT2D eigenvalue weighted by Gasteiger charge is 2.41. The summed E-state index contributed by atoms with van der Waals surface area (Å²) < 4.78 is 0. The van der Waals surface area contributed by atoms with Crippen LogP contribution < -0.4 is 0 Å². The zero-order chi connectivity index (χ0) is 11.1. The Morgan fingerprint density at radius 3 is 2.36 bits per heavy atom. The molecule has 1 aliphatic carbocycles. The van der Waals surface area contributed by atoms with Crippen molar-refractivity contribution in [3.8, 4) is 0 Å². The zero-order valence-electron chi connectivity index (χ0n) is 8.88. The van der Waals surface area contributed by atoms with Gasteiger partial charge in [0.25, 0.3) is 0 Å². The summed E-state index contributed by atoms with van der Waals surface area (Å²) in [6, 6.07) is 0. The van der Waals surface area contributed by atoms with Crippen molar-refractivity contribution in [3.05, 3.63) is 11.6 Å². The molecule has 76 valence electrons. The molecule has 3 heteroatoms. The summed E-state index contributed by atoms with van der Waals surface area (Å²) in [5.41, 5.74) is 0.0757. The molecule has 0 fully saturated rings. The minimum Gasteiger partial charge on any atom is -0.298 e. The van der Waals surface area contributed by atoms with Gasteiger partial charge in [-0.3, -0.25) is 9.59 Å². The third-order valence-electron chi connectivity index (χ3n) is 2.53. The number of hydrogen-bond donors (Lipinski definition) is 0. The average molecular weight is 210 g/mol. The summed E-state index contributed by atoms with van der Waals surface area (Å²) in [7, 11) is 0. The van der Waals surface area contributed by atoms with Crippen molar-refractivity contribution in [3.63, 3.8) is 0 Å². The van der Waals surface area contributed by atoms with E-state index >= 15 is 0 Å². The van der Waals surface area contributed by atoms with Crippen LogP contribution in [-0.4, -0.2) is 16.4 Å². The van der Waals surface area contributed by atoms with Crippen LogP contribution >= 0.6 is 12.2 Å². The highest BCUT2D eigenvalue weighted by atomic mass is 32.1. The van der Waals surface area contributed by atoms with Crippen molar-refractivity contribution in [2.45, 2.75) is 27.7 Å². The van der Waals surface area contributed by atoms with Gasteiger partial charge >= 0.3 is 0 Å². The monoisotopic (exact) mass is 210 g/mol. The SMILES string of the molecule is CC(=S)C1C(=O)C(C)=CC(C)(C)C1=O. The molecule has 1 atom stereocenters. The second-order valence-corrected chi connectivity index (χ2v) is 4.97.